The van der Waals surface area contributed by atoms with Gasteiger partial charge in [0, 0.05) is 49.4 Å². The van der Waals surface area contributed by atoms with Crippen LogP contribution in [-0.2, 0) is 33.9 Å². The lowest BCUT2D eigenvalue weighted by Crippen LogP contribution is -2.52. The van der Waals surface area contributed by atoms with Gasteiger partial charge in [0.2, 0.25) is 17.7 Å². The third kappa shape index (κ3) is 4.99. The summed E-state index contributed by atoms with van der Waals surface area (Å²) in [5.41, 5.74) is 5.10. The molecule has 0 saturated carbocycles. The zero-order valence-electron chi connectivity index (χ0n) is 19.8. The van der Waals surface area contributed by atoms with Crippen molar-refractivity contribution in [2.75, 3.05) is 19.0 Å². The monoisotopic (exact) mass is 482 g/mol. The third-order valence-corrected chi connectivity index (χ3v) is 7.47. The molecule has 1 aromatic carbocycles. The summed E-state index contributed by atoms with van der Waals surface area (Å²) in [6.45, 7) is 2.79. The van der Waals surface area contributed by atoms with Crippen LogP contribution in [0.3, 0.4) is 0 Å². The van der Waals surface area contributed by atoms with E-state index in [1.165, 1.54) is 33.1 Å². The van der Waals surface area contributed by atoms with Crippen LogP contribution in [0.5, 0.6) is 0 Å². The predicted octanol–water partition coefficient (Wildman–Crippen LogP) is 2.52. The molecule has 2 aromatic rings. The largest absolute Gasteiger partial charge is 0.377 e. The quantitative estimate of drug-likeness (QED) is 0.564. The van der Waals surface area contributed by atoms with Crippen molar-refractivity contribution in [3.8, 4) is 0 Å². The third-order valence-electron chi connectivity index (χ3n) is 6.45. The van der Waals surface area contributed by atoms with Crippen LogP contribution in [0.4, 0.5) is 5.69 Å². The van der Waals surface area contributed by atoms with Gasteiger partial charge in [0.05, 0.1) is 12.1 Å². The lowest BCUT2D eigenvalue weighted by atomic mass is 10.0. The molecule has 2 aliphatic rings. The first-order valence-corrected chi connectivity index (χ1v) is 12.4. The standard InChI is InChI=1S/C25H30N4O4S/c1-15-11-16(7-8-19(15)28(2)3)5-4-6-22(30)26-12-21-17-13-29(25(33)18(17)14-34-21)20-9-10-23(31)27-24(20)32/h7-8,11,14,20H,4-6,9-10,12-13H2,1-3H3,(H,26,30)(H,27,31,32). The maximum Gasteiger partial charge on any atom is 0.256 e. The Hall–Kier alpha value is -3.20. The number of hydrogen-bond donors (Lipinski definition) is 2. The van der Waals surface area contributed by atoms with E-state index in [2.05, 4.69) is 40.7 Å². The summed E-state index contributed by atoms with van der Waals surface area (Å²) in [4.78, 5) is 53.4. The Labute approximate surface area is 203 Å². The summed E-state index contributed by atoms with van der Waals surface area (Å²) in [7, 11) is 4.05. The molecule has 180 valence electrons. The maximum absolute atomic E-state index is 12.8. The van der Waals surface area contributed by atoms with E-state index in [-0.39, 0.29) is 24.1 Å². The molecule has 1 unspecified atom stereocenters. The molecule has 9 heteroatoms. The van der Waals surface area contributed by atoms with Gasteiger partial charge in [0.15, 0.2) is 0 Å². The Balaban J connectivity index is 1.27. The molecule has 2 N–H and O–H groups in total. The average molecular weight is 483 g/mol. The van der Waals surface area contributed by atoms with E-state index in [0.717, 1.165) is 23.3 Å². The van der Waals surface area contributed by atoms with Gasteiger partial charge in [-0.15, -0.1) is 11.3 Å². The molecule has 1 saturated heterocycles. The number of nitrogens with one attached hydrogen (secondary N) is 2. The zero-order valence-corrected chi connectivity index (χ0v) is 20.6. The number of thiophene rings is 1. The van der Waals surface area contributed by atoms with Crippen LogP contribution in [-0.4, -0.2) is 48.7 Å². The van der Waals surface area contributed by atoms with Crippen LogP contribution in [0.2, 0.25) is 0 Å². The minimum absolute atomic E-state index is 0.0184. The fourth-order valence-corrected chi connectivity index (χ4v) is 5.62. The van der Waals surface area contributed by atoms with E-state index in [1.807, 2.05) is 14.1 Å². The van der Waals surface area contributed by atoms with Crippen LogP contribution in [0, 0.1) is 6.92 Å². The van der Waals surface area contributed by atoms with Crippen molar-refractivity contribution >= 4 is 40.7 Å². The normalized spacial score (nSPS) is 17.6. The molecule has 34 heavy (non-hydrogen) atoms. The number of carbonyl (C=O) groups is 4. The minimum atomic E-state index is -0.625. The summed E-state index contributed by atoms with van der Waals surface area (Å²) < 4.78 is 0. The lowest BCUT2D eigenvalue weighted by molar-refractivity contribution is -0.137. The van der Waals surface area contributed by atoms with Crippen molar-refractivity contribution in [3.63, 3.8) is 0 Å². The second kappa shape index (κ2) is 9.97. The van der Waals surface area contributed by atoms with Crippen molar-refractivity contribution in [2.45, 2.75) is 58.2 Å². The Kier molecular flexibility index (Phi) is 7.02. The first kappa shape index (κ1) is 23.9. The number of piperidine rings is 1. The van der Waals surface area contributed by atoms with E-state index >= 15 is 0 Å². The van der Waals surface area contributed by atoms with Gasteiger partial charge in [0.25, 0.3) is 5.91 Å². The highest BCUT2D eigenvalue weighted by Crippen LogP contribution is 2.33. The fourth-order valence-electron chi connectivity index (χ4n) is 4.65. The molecular formula is C25H30N4O4S. The van der Waals surface area contributed by atoms with Crippen LogP contribution >= 0.6 is 11.3 Å². The number of rotatable bonds is 8. The molecule has 3 heterocycles. The number of fused-ring (bicyclic) bond motifs is 1. The van der Waals surface area contributed by atoms with Gasteiger partial charge in [0.1, 0.15) is 6.04 Å². The Morgan fingerprint density at radius 3 is 2.76 bits per heavy atom. The van der Waals surface area contributed by atoms with Crippen LogP contribution < -0.4 is 15.5 Å². The van der Waals surface area contributed by atoms with Gasteiger partial charge in [-0.3, -0.25) is 24.5 Å². The molecule has 4 rings (SSSR count). The topological polar surface area (TPSA) is 98.8 Å². The zero-order chi connectivity index (χ0) is 24.4. The summed E-state index contributed by atoms with van der Waals surface area (Å²) in [5.74, 6) is -0.921. The maximum atomic E-state index is 12.8. The SMILES string of the molecule is Cc1cc(CCCC(=O)NCc2scc3c2CN(C2CCC(=O)NC2=O)C3=O)ccc1N(C)C. The van der Waals surface area contributed by atoms with Crippen molar-refractivity contribution in [1.82, 2.24) is 15.5 Å². The Morgan fingerprint density at radius 2 is 2.06 bits per heavy atom. The van der Waals surface area contributed by atoms with Crippen molar-refractivity contribution < 1.29 is 19.2 Å². The highest BCUT2D eigenvalue weighted by atomic mass is 32.1. The number of imide groups is 1. The van der Waals surface area contributed by atoms with Crippen molar-refractivity contribution in [1.29, 1.82) is 0 Å². The molecule has 1 atom stereocenters. The number of carbonyl (C=O) groups excluding carboxylic acids is 4. The van der Waals surface area contributed by atoms with E-state index in [4.69, 9.17) is 0 Å². The first-order chi connectivity index (χ1) is 16.2. The molecule has 2 aliphatic heterocycles. The smallest absolute Gasteiger partial charge is 0.256 e. The molecule has 0 spiro atoms. The van der Waals surface area contributed by atoms with Gasteiger partial charge in [-0.05, 0) is 48.9 Å². The summed E-state index contributed by atoms with van der Waals surface area (Å²) in [6, 6.07) is 5.77. The molecular weight excluding hydrogens is 452 g/mol. The second-order valence-corrected chi connectivity index (χ2v) is 10.1. The van der Waals surface area contributed by atoms with E-state index in [0.29, 0.717) is 31.5 Å². The molecule has 0 radical (unpaired) electrons. The van der Waals surface area contributed by atoms with E-state index in [9.17, 15) is 19.2 Å². The van der Waals surface area contributed by atoms with Gasteiger partial charge in [-0.25, -0.2) is 0 Å². The van der Waals surface area contributed by atoms with Gasteiger partial charge in [-0.2, -0.15) is 0 Å². The average Bonchev–Trinajstić information content (AvgIpc) is 3.32. The van der Waals surface area contributed by atoms with Gasteiger partial charge < -0.3 is 15.1 Å². The molecule has 1 aromatic heterocycles. The van der Waals surface area contributed by atoms with Crippen molar-refractivity contribution in [3.05, 3.63) is 50.7 Å². The highest BCUT2D eigenvalue weighted by molar-refractivity contribution is 7.10. The number of anilines is 1. The molecule has 1 fully saturated rings. The molecule has 4 amide bonds. The van der Waals surface area contributed by atoms with Crippen molar-refractivity contribution in [2.24, 2.45) is 0 Å². The Bertz CT molecular complexity index is 1140. The Morgan fingerprint density at radius 1 is 1.26 bits per heavy atom. The first-order valence-electron chi connectivity index (χ1n) is 11.5. The second-order valence-electron chi connectivity index (χ2n) is 9.10. The van der Waals surface area contributed by atoms with Crippen LogP contribution in [0.15, 0.2) is 23.6 Å². The summed E-state index contributed by atoms with van der Waals surface area (Å²) >= 11 is 1.45. The number of nitrogens with zero attached hydrogens (tertiary/aromatic N) is 2. The van der Waals surface area contributed by atoms with Gasteiger partial charge in [-0.1, -0.05) is 12.1 Å². The molecule has 0 bridgehead atoms. The van der Waals surface area contributed by atoms with Crippen LogP contribution in [0.1, 0.15) is 57.6 Å². The predicted molar refractivity (Wildman–Crippen MR) is 131 cm³/mol. The number of amides is 4. The van der Waals surface area contributed by atoms with Crippen LogP contribution in [0.25, 0.3) is 0 Å². The number of hydrogen-bond acceptors (Lipinski definition) is 6. The summed E-state index contributed by atoms with van der Waals surface area (Å²) in [6.07, 6.45) is 2.61. The summed E-state index contributed by atoms with van der Waals surface area (Å²) in [5, 5.41) is 7.08. The van der Waals surface area contributed by atoms with Gasteiger partial charge >= 0.3 is 0 Å². The fraction of sp³-hybridized carbons (Fsp3) is 0.440. The highest BCUT2D eigenvalue weighted by Gasteiger charge is 2.40. The van der Waals surface area contributed by atoms with E-state index in [1.54, 1.807) is 5.38 Å². The van der Waals surface area contributed by atoms with E-state index < -0.39 is 11.9 Å². The minimum Gasteiger partial charge on any atom is -0.377 e. The number of benzene rings is 1. The number of aryl methyl sites for hydroxylation is 2. The molecule has 0 aliphatic carbocycles. The molecule has 8 nitrogen and oxygen atoms in total. The lowest BCUT2D eigenvalue weighted by Gasteiger charge is -2.29.